The summed E-state index contributed by atoms with van der Waals surface area (Å²) in [4.78, 5) is 41.2. The minimum Gasteiger partial charge on any atom is -0.296 e. The number of aryl methyl sites for hydroxylation is 1. The highest BCUT2D eigenvalue weighted by Gasteiger charge is 2.37. The Morgan fingerprint density at radius 2 is 2.00 bits per heavy atom. The Bertz CT molecular complexity index is 903. The maximum absolute atomic E-state index is 14.0. The number of nitrogens with two attached hydrogens (primary N) is 1. The number of fused-ring (bicyclic) bond motifs is 1. The molecule has 7 heteroatoms. The average molecular weight is 341 g/mol. The molecule has 1 atom stereocenters. The molecule has 2 aromatic rings. The number of carbonyl (C=O) groups is 3. The van der Waals surface area contributed by atoms with Crippen molar-refractivity contribution in [1.29, 1.82) is 0 Å². The number of amides is 2. The second-order valence-electron chi connectivity index (χ2n) is 6.16. The topological polar surface area (TPSA) is 93.4 Å². The molecule has 1 aromatic heterocycles. The normalized spacial score (nSPS) is 15.9. The number of alkyl halides is 1. The molecule has 0 fully saturated rings. The molecule has 6 nitrogen and oxygen atoms in total. The second-order valence-corrected chi connectivity index (χ2v) is 6.16. The van der Waals surface area contributed by atoms with Crippen LogP contribution in [0.15, 0.2) is 30.3 Å². The summed E-state index contributed by atoms with van der Waals surface area (Å²) in [5.74, 6) is -3.05. The summed E-state index contributed by atoms with van der Waals surface area (Å²) in [6, 6.07) is 7.63. The Hall–Kier alpha value is -2.93. The molecule has 0 saturated heterocycles. The number of imide groups is 1. The molecule has 1 aromatic carbocycles. The molecule has 2 amide bonds. The highest BCUT2D eigenvalue weighted by Crippen LogP contribution is 2.28. The van der Waals surface area contributed by atoms with E-state index in [2.05, 4.69) is 4.98 Å². The zero-order valence-electron chi connectivity index (χ0n) is 13.7. The highest BCUT2D eigenvalue weighted by atomic mass is 19.1. The molecule has 128 valence electrons. The standard InChI is InChI=1S/C18H16FN3O3/c1-10-4-3-5-14-15(10)17(25)22(16(14)24)8-12-6-11(18(2,19)20)7-13(9-23)21-12/h3-7,9H,8,20H2,1-2H3. The van der Waals surface area contributed by atoms with E-state index in [4.69, 9.17) is 5.73 Å². The number of carbonyl (C=O) groups excluding carboxylic acids is 3. The predicted molar refractivity (Wildman–Crippen MR) is 87.7 cm³/mol. The van der Waals surface area contributed by atoms with Crippen molar-refractivity contribution in [2.24, 2.45) is 5.73 Å². The van der Waals surface area contributed by atoms with Gasteiger partial charge in [0.1, 0.15) is 5.69 Å². The van der Waals surface area contributed by atoms with Gasteiger partial charge < -0.3 is 0 Å². The maximum Gasteiger partial charge on any atom is 0.262 e. The van der Waals surface area contributed by atoms with E-state index in [0.29, 0.717) is 23.0 Å². The number of pyridine rings is 1. The fraction of sp³-hybridized carbons (Fsp3) is 0.222. The lowest BCUT2D eigenvalue weighted by atomic mass is 10.0. The van der Waals surface area contributed by atoms with Gasteiger partial charge in [0.15, 0.2) is 12.1 Å². The SMILES string of the molecule is Cc1cccc2c1C(=O)N(Cc1cc(C(C)(N)F)cc(C=O)n1)C2=O. The summed E-state index contributed by atoms with van der Waals surface area (Å²) in [5, 5.41) is 0. The third-order valence-electron chi connectivity index (χ3n) is 4.11. The van der Waals surface area contributed by atoms with Gasteiger partial charge in [0, 0.05) is 5.56 Å². The third-order valence-corrected chi connectivity index (χ3v) is 4.11. The molecule has 25 heavy (non-hydrogen) atoms. The number of hydrogen-bond acceptors (Lipinski definition) is 5. The molecule has 3 rings (SSSR count). The zero-order valence-corrected chi connectivity index (χ0v) is 13.7. The largest absolute Gasteiger partial charge is 0.296 e. The van der Waals surface area contributed by atoms with Gasteiger partial charge in [0.25, 0.3) is 11.8 Å². The first-order chi connectivity index (χ1) is 11.7. The van der Waals surface area contributed by atoms with Gasteiger partial charge in [-0.25, -0.2) is 9.37 Å². The van der Waals surface area contributed by atoms with Crippen LogP contribution >= 0.6 is 0 Å². The maximum atomic E-state index is 14.0. The van der Waals surface area contributed by atoms with E-state index < -0.39 is 17.6 Å². The molecule has 1 aliphatic heterocycles. The van der Waals surface area contributed by atoms with Crippen LogP contribution in [0.25, 0.3) is 0 Å². The molecule has 2 N–H and O–H groups in total. The van der Waals surface area contributed by atoms with Gasteiger partial charge in [0.2, 0.25) is 0 Å². The van der Waals surface area contributed by atoms with E-state index in [1.165, 1.54) is 12.1 Å². The van der Waals surface area contributed by atoms with Crippen molar-refractivity contribution in [3.63, 3.8) is 0 Å². The van der Waals surface area contributed by atoms with E-state index in [1.54, 1.807) is 25.1 Å². The van der Waals surface area contributed by atoms with Crippen LogP contribution < -0.4 is 5.73 Å². The van der Waals surface area contributed by atoms with E-state index in [1.807, 2.05) is 0 Å². The smallest absolute Gasteiger partial charge is 0.262 e. The molecule has 2 heterocycles. The van der Waals surface area contributed by atoms with Gasteiger partial charge >= 0.3 is 0 Å². The average Bonchev–Trinajstić information content (AvgIpc) is 2.80. The van der Waals surface area contributed by atoms with Crippen molar-refractivity contribution in [2.75, 3.05) is 0 Å². The van der Waals surface area contributed by atoms with Gasteiger partial charge in [-0.3, -0.25) is 25.0 Å². The van der Waals surface area contributed by atoms with Crippen molar-refractivity contribution in [3.8, 4) is 0 Å². The van der Waals surface area contributed by atoms with Gasteiger partial charge in [-0.2, -0.15) is 0 Å². The number of aromatic nitrogens is 1. The summed E-state index contributed by atoms with van der Waals surface area (Å²) >= 11 is 0. The number of nitrogens with zero attached hydrogens (tertiary/aromatic N) is 2. The molecular formula is C18H16FN3O3. The Morgan fingerprint density at radius 1 is 1.28 bits per heavy atom. The van der Waals surface area contributed by atoms with Crippen molar-refractivity contribution < 1.29 is 18.8 Å². The molecule has 0 radical (unpaired) electrons. The van der Waals surface area contributed by atoms with Gasteiger partial charge in [-0.1, -0.05) is 12.1 Å². The molecule has 0 spiro atoms. The second kappa shape index (κ2) is 5.86. The van der Waals surface area contributed by atoms with Crippen LogP contribution in [-0.2, 0) is 12.3 Å². The molecular weight excluding hydrogens is 325 g/mol. The number of benzene rings is 1. The van der Waals surface area contributed by atoms with Crippen molar-refractivity contribution in [1.82, 2.24) is 9.88 Å². The summed E-state index contributed by atoms with van der Waals surface area (Å²) in [7, 11) is 0. The van der Waals surface area contributed by atoms with Gasteiger partial charge in [-0.05, 0) is 37.6 Å². The van der Waals surface area contributed by atoms with Crippen molar-refractivity contribution in [3.05, 3.63) is 64.0 Å². The summed E-state index contributed by atoms with van der Waals surface area (Å²) in [6.07, 6.45) is 0.464. The zero-order chi connectivity index (χ0) is 18.4. The minimum absolute atomic E-state index is 0.0189. The van der Waals surface area contributed by atoms with E-state index in [9.17, 15) is 18.8 Å². The Balaban J connectivity index is 1.99. The van der Waals surface area contributed by atoms with Crippen LogP contribution in [-0.4, -0.2) is 28.0 Å². The first-order valence-electron chi connectivity index (χ1n) is 7.62. The molecule has 0 bridgehead atoms. The van der Waals surface area contributed by atoms with E-state index in [0.717, 1.165) is 11.8 Å². The molecule has 0 saturated carbocycles. The van der Waals surface area contributed by atoms with Gasteiger partial charge in [-0.15, -0.1) is 0 Å². The summed E-state index contributed by atoms with van der Waals surface area (Å²) in [6.45, 7) is 2.72. The minimum atomic E-state index is -2.17. The molecule has 1 aliphatic rings. The van der Waals surface area contributed by atoms with Crippen LogP contribution in [0.1, 0.15) is 54.9 Å². The van der Waals surface area contributed by atoms with Crippen LogP contribution in [0, 0.1) is 6.92 Å². The van der Waals surface area contributed by atoms with E-state index >= 15 is 0 Å². The quantitative estimate of drug-likeness (QED) is 0.522. The van der Waals surface area contributed by atoms with E-state index in [-0.39, 0.29) is 23.5 Å². The van der Waals surface area contributed by atoms with Gasteiger partial charge in [0.05, 0.1) is 23.4 Å². The lowest BCUT2D eigenvalue weighted by Gasteiger charge is -2.18. The lowest BCUT2D eigenvalue weighted by molar-refractivity contribution is 0.0640. The summed E-state index contributed by atoms with van der Waals surface area (Å²) < 4.78 is 14.0. The molecule has 0 aliphatic carbocycles. The van der Waals surface area contributed by atoms with Crippen molar-refractivity contribution in [2.45, 2.75) is 26.2 Å². The number of rotatable bonds is 4. The molecule has 1 unspecified atom stereocenters. The highest BCUT2D eigenvalue weighted by molar-refractivity contribution is 6.21. The number of aldehydes is 1. The van der Waals surface area contributed by atoms with Crippen molar-refractivity contribution >= 4 is 18.1 Å². The number of hydrogen-bond donors (Lipinski definition) is 1. The fourth-order valence-corrected chi connectivity index (χ4v) is 2.84. The fourth-order valence-electron chi connectivity index (χ4n) is 2.84. The first kappa shape index (κ1) is 16.9. The number of halogens is 1. The van der Waals surface area contributed by atoms with Crippen LogP contribution in [0.2, 0.25) is 0 Å². The third kappa shape index (κ3) is 2.94. The Labute approximate surface area is 143 Å². The monoisotopic (exact) mass is 341 g/mol. The summed E-state index contributed by atoms with van der Waals surface area (Å²) in [5.41, 5.74) is 7.06. The van der Waals surface area contributed by atoms with Crippen LogP contribution in [0.5, 0.6) is 0 Å². The van der Waals surface area contributed by atoms with Crippen LogP contribution in [0.3, 0.4) is 0 Å². The first-order valence-corrected chi connectivity index (χ1v) is 7.62. The van der Waals surface area contributed by atoms with Crippen LogP contribution in [0.4, 0.5) is 4.39 Å². The Kier molecular flexibility index (Phi) is 3.96. The Morgan fingerprint density at radius 3 is 2.60 bits per heavy atom. The predicted octanol–water partition coefficient (Wildman–Crippen LogP) is 2.10. The lowest BCUT2D eigenvalue weighted by Crippen LogP contribution is -2.31.